The molecule has 1 heterocycles. The number of alkyl carbamates (subject to hydrolysis) is 1. The van der Waals surface area contributed by atoms with Gasteiger partial charge < -0.3 is 10.1 Å². The molecule has 1 amide bonds. The molecule has 1 aromatic heterocycles. The first-order chi connectivity index (χ1) is 10.8. The average Bonchev–Trinajstić information content (AvgIpc) is 2.46. The van der Waals surface area contributed by atoms with Gasteiger partial charge in [-0.25, -0.2) is 9.18 Å². The van der Waals surface area contributed by atoms with Crippen molar-refractivity contribution in [2.24, 2.45) is 0 Å². The highest BCUT2D eigenvalue weighted by molar-refractivity contribution is 5.68. The van der Waals surface area contributed by atoms with Gasteiger partial charge in [0.15, 0.2) is 0 Å². The molecular weight excluding hydrogens is 295 g/mol. The van der Waals surface area contributed by atoms with E-state index < -0.39 is 11.7 Å². The molecule has 0 aliphatic heterocycles. The number of hydrogen-bond acceptors (Lipinski definition) is 3. The molecule has 0 saturated heterocycles. The third-order valence-corrected chi connectivity index (χ3v) is 3.23. The van der Waals surface area contributed by atoms with E-state index in [2.05, 4.69) is 10.3 Å². The summed E-state index contributed by atoms with van der Waals surface area (Å²) in [6, 6.07) is 8.78. The van der Waals surface area contributed by atoms with E-state index in [9.17, 15) is 9.18 Å². The summed E-state index contributed by atoms with van der Waals surface area (Å²) in [5, 5.41) is 2.78. The van der Waals surface area contributed by atoms with Crippen LogP contribution in [0.1, 0.15) is 39.3 Å². The van der Waals surface area contributed by atoms with Crippen LogP contribution in [0, 0.1) is 5.82 Å². The molecule has 0 aliphatic carbocycles. The van der Waals surface area contributed by atoms with Crippen LogP contribution in [0.4, 0.5) is 9.18 Å². The Morgan fingerprint density at radius 2 is 1.87 bits per heavy atom. The Morgan fingerprint density at radius 1 is 1.22 bits per heavy atom. The Hall–Kier alpha value is -2.43. The van der Waals surface area contributed by atoms with Crippen LogP contribution >= 0.6 is 0 Å². The number of halogens is 1. The van der Waals surface area contributed by atoms with Crippen molar-refractivity contribution in [1.29, 1.82) is 0 Å². The molecule has 0 aliphatic rings. The molecule has 1 N–H and O–H groups in total. The van der Waals surface area contributed by atoms with Crippen LogP contribution in [0.25, 0.3) is 11.1 Å². The van der Waals surface area contributed by atoms with E-state index in [0.717, 1.165) is 11.1 Å². The first-order valence-corrected chi connectivity index (χ1v) is 7.45. The standard InChI is InChI=1S/C18H21FN2O2/c1-12(21-17(22)23-18(2,3)4)13-5-7-14(8-6-13)15-9-10-20-11-16(15)19/h5-12H,1-4H3,(H,21,22)/t12-/m0/s1. The second kappa shape index (κ2) is 6.77. The van der Waals surface area contributed by atoms with E-state index in [0.29, 0.717) is 5.56 Å². The third-order valence-electron chi connectivity index (χ3n) is 3.23. The molecule has 23 heavy (non-hydrogen) atoms. The topological polar surface area (TPSA) is 51.2 Å². The van der Waals surface area contributed by atoms with E-state index in [-0.39, 0.29) is 11.9 Å². The molecule has 1 aromatic carbocycles. The fourth-order valence-corrected chi connectivity index (χ4v) is 2.13. The Labute approximate surface area is 135 Å². The molecule has 2 aromatic rings. The summed E-state index contributed by atoms with van der Waals surface area (Å²) in [5.74, 6) is -0.361. The van der Waals surface area contributed by atoms with Gasteiger partial charge in [-0.3, -0.25) is 4.98 Å². The van der Waals surface area contributed by atoms with Gasteiger partial charge in [0.25, 0.3) is 0 Å². The van der Waals surface area contributed by atoms with Gasteiger partial charge in [0.1, 0.15) is 11.4 Å². The molecule has 5 heteroatoms. The lowest BCUT2D eigenvalue weighted by atomic mass is 10.0. The minimum atomic E-state index is -0.535. The first-order valence-electron chi connectivity index (χ1n) is 7.45. The van der Waals surface area contributed by atoms with Crippen LogP contribution in [0.3, 0.4) is 0 Å². The third kappa shape index (κ3) is 4.77. The smallest absolute Gasteiger partial charge is 0.408 e. The average molecular weight is 316 g/mol. The van der Waals surface area contributed by atoms with E-state index in [1.807, 2.05) is 52.0 Å². The number of benzene rings is 1. The Balaban J connectivity index is 2.07. The number of aromatic nitrogens is 1. The van der Waals surface area contributed by atoms with Gasteiger partial charge in [-0.2, -0.15) is 0 Å². The highest BCUT2D eigenvalue weighted by Crippen LogP contribution is 2.24. The molecule has 0 unspecified atom stereocenters. The maximum absolute atomic E-state index is 13.7. The van der Waals surface area contributed by atoms with E-state index >= 15 is 0 Å². The number of carbonyl (C=O) groups excluding carboxylic acids is 1. The minimum absolute atomic E-state index is 0.207. The zero-order valence-electron chi connectivity index (χ0n) is 13.8. The molecule has 0 saturated carbocycles. The second-order valence-electron chi connectivity index (χ2n) is 6.35. The summed E-state index contributed by atoms with van der Waals surface area (Å²) in [6.07, 6.45) is 2.28. The predicted octanol–water partition coefficient (Wildman–Crippen LogP) is 4.47. The SMILES string of the molecule is C[C@H](NC(=O)OC(C)(C)C)c1ccc(-c2ccncc2F)cc1. The van der Waals surface area contributed by atoms with Crippen molar-refractivity contribution in [3.8, 4) is 11.1 Å². The van der Waals surface area contributed by atoms with Crippen molar-refractivity contribution >= 4 is 6.09 Å². The normalized spacial score (nSPS) is 12.6. The van der Waals surface area contributed by atoms with Crippen molar-refractivity contribution in [2.45, 2.75) is 39.3 Å². The number of pyridine rings is 1. The van der Waals surface area contributed by atoms with Gasteiger partial charge in [-0.15, -0.1) is 0 Å². The van der Waals surface area contributed by atoms with Crippen LogP contribution in [0.2, 0.25) is 0 Å². The summed E-state index contributed by atoms with van der Waals surface area (Å²) in [4.78, 5) is 15.5. The summed E-state index contributed by atoms with van der Waals surface area (Å²) in [5.41, 5.74) is 1.64. The zero-order valence-corrected chi connectivity index (χ0v) is 13.8. The van der Waals surface area contributed by atoms with Gasteiger partial charge >= 0.3 is 6.09 Å². The van der Waals surface area contributed by atoms with E-state index in [4.69, 9.17) is 4.74 Å². The predicted molar refractivity (Wildman–Crippen MR) is 87.4 cm³/mol. The highest BCUT2D eigenvalue weighted by atomic mass is 19.1. The number of hydrogen-bond donors (Lipinski definition) is 1. The van der Waals surface area contributed by atoms with Crippen molar-refractivity contribution in [3.05, 3.63) is 54.1 Å². The quantitative estimate of drug-likeness (QED) is 0.908. The number of amides is 1. The van der Waals surface area contributed by atoms with Crippen molar-refractivity contribution in [3.63, 3.8) is 0 Å². The van der Waals surface area contributed by atoms with Gasteiger partial charge in [0, 0.05) is 11.8 Å². The monoisotopic (exact) mass is 316 g/mol. The van der Waals surface area contributed by atoms with Crippen molar-refractivity contribution < 1.29 is 13.9 Å². The maximum atomic E-state index is 13.7. The lowest BCUT2D eigenvalue weighted by Crippen LogP contribution is -2.34. The van der Waals surface area contributed by atoms with Gasteiger partial charge in [-0.05, 0) is 44.9 Å². The van der Waals surface area contributed by atoms with Crippen LogP contribution in [0.5, 0.6) is 0 Å². The maximum Gasteiger partial charge on any atom is 0.408 e. The van der Waals surface area contributed by atoms with Crippen molar-refractivity contribution in [1.82, 2.24) is 10.3 Å². The number of nitrogens with zero attached hydrogens (tertiary/aromatic N) is 1. The Morgan fingerprint density at radius 3 is 2.43 bits per heavy atom. The minimum Gasteiger partial charge on any atom is -0.444 e. The Bertz CT molecular complexity index is 678. The molecule has 122 valence electrons. The summed E-state index contributed by atoms with van der Waals surface area (Å²) < 4.78 is 19.0. The number of rotatable bonds is 3. The lowest BCUT2D eigenvalue weighted by molar-refractivity contribution is 0.0508. The number of nitrogens with one attached hydrogen (secondary N) is 1. The van der Waals surface area contributed by atoms with Crippen LogP contribution in [-0.2, 0) is 4.74 Å². The van der Waals surface area contributed by atoms with Crippen LogP contribution in [-0.4, -0.2) is 16.7 Å². The van der Waals surface area contributed by atoms with Gasteiger partial charge in [0.05, 0.1) is 12.2 Å². The van der Waals surface area contributed by atoms with Crippen molar-refractivity contribution in [2.75, 3.05) is 0 Å². The second-order valence-corrected chi connectivity index (χ2v) is 6.35. The first kappa shape index (κ1) is 16.9. The number of carbonyl (C=O) groups is 1. The molecule has 0 bridgehead atoms. The fourth-order valence-electron chi connectivity index (χ4n) is 2.13. The zero-order chi connectivity index (χ0) is 17.0. The largest absolute Gasteiger partial charge is 0.444 e. The summed E-state index contributed by atoms with van der Waals surface area (Å²) in [7, 11) is 0. The molecule has 0 fully saturated rings. The molecule has 0 radical (unpaired) electrons. The molecule has 1 atom stereocenters. The molecule has 2 rings (SSSR count). The summed E-state index contributed by atoms with van der Waals surface area (Å²) >= 11 is 0. The van der Waals surface area contributed by atoms with E-state index in [1.165, 1.54) is 6.20 Å². The molecule has 0 spiro atoms. The molecular formula is C18H21FN2O2. The van der Waals surface area contributed by atoms with E-state index in [1.54, 1.807) is 12.3 Å². The highest BCUT2D eigenvalue weighted by Gasteiger charge is 2.18. The Kier molecular flexibility index (Phi) is 4.98. The van der Waals surface area contributed by atoms with Crippen LogP contribution < -0.4 is 5.32 Å². The fraction of sp³-hybridized carbons (Fsp3) is 0.333. The van der Waals surface area contributed by atoms with Gasteiger partial charge in [0.2, 0.25) is 0 Å². The lowest BCUT2D eigenvalue weighted by Gasteiger charge is -2.22. The van der Waals surface area contributed by atoms with Crippen LogP contribution in [0.15, 0.2) is 42.7 Å². The molecule has 4 nitrogen and oxygen atoms in total. The summed E-state index contributed by atoms with van der Waals surface area (Å²) in [6.45, 7) is 7.31. The number of ether oxygens (including phenoxy) is 1. The van der Waals surface area contributed by atoms with Gasteiger partial charge in [-0.1, -0.05) is 24.3 Å².